The summed E-state index contributed by atoms with van der Waals surface area (Å²) in [5.74, 6) is 0. The summed E-state index contributed by atoms with van der Waals surface area (Å²) >= 11 is 0. The average molecular weight is 368 g/mol. The van der Waals surface area contributed by atoms with Crippen LogP contribution in [0.5, 0.6) is 0 Å². The summed E-state index contributed by atoms with van der Waals surface area (Å²) in [6.45, 7) is 0.212. The second kappa shape index (κ2) is 10.2. The van der Waals surface area contributed by atoms with Crippen molar-refractivity contribution in [2.24, 2.45) is 0 Å². The third-order valence-corrected chi connectivity index (χ3v) is 4.49. The van der Waals surface area contributed by atoms with Crippen molar-refractivity contribution >= 4 is 0 Å². The lowest BCUT2D eigenvalue weighted by Gasteiger charge is -2.01. The molecule has 0 amide bonds. The predicted octanol–water partition coefficient (Wildman–Crippen LogP) is 5.69. The van der Waals surface area contributed by atoms with E-state index in [1.807, 2.05) is 84.9 Å². The van der Waals surface area contributed by atoms with Gasteiger partial charge in [-0.3, -0.25) is 0 Å². The Morgan fingerprint density at radius 3 is 0.929 bits per heavy atom. The Kier molecular flexibility index (Phi) is 7.14. The van der Waals surface area contributed by atoms with Gasteiger partial charge in [0.15, 0.2) is 0 Å². The van der Waals surface area contributed by atoms with Gasteiger partial charge in [0, 0.05) is 0 Å². The standard InChI is InChI=1S/2C13H12O/c2*14-10-11-6-8-13(9-7-11)12-4-2-1-3-5-12/h2*1-9,14H,10H2. The molecule has 0 aliphatic heterocycles. The Labute approximate surface area is 166 Å². The number of hydrogen-bond acceptors (Lipinski definition) is 2. The Morgan fingerprint density at radius 1 is 0.357 bits per heavy atom. The highest BCUT2D eigenvalue weighted by molar-refractivity contribution is 5.64. The van der Waals surface area contributed by atoms with Crippen molar-refractivity contribution in [2.45, 2.75) is 13.2 Å². The molecule has 0 saturated carbocycles. The predicted molar refractivity (Wildman–Crippen MR) is 116 cm³/mol. The summed E-state index contributed by atoms with van der Waals surface area (Å²) < 4.78 is 0. The van der Waals surface area contributed by atoms with Crippen LogP contribution in [0.1, 0.15) is 11.1 Å². The molecule has 0 aromatic heterocycles. The number of rotatable bonds is 4. The van der Waals surface area contributed by atoms with Crippen LogP contribution in [-0.4, -0.2) is 10.2 Å². The zero-order valence-corrected chi connectivity index (χ0v) is 15.7. The number of benzene rings is 4. The minimum absolute atomic E-state index is 0.106. The third-order valence-electron chi connectivity index (χ3n) is 4.49. The van der Waals surface area contributed by atoms with E-state index in [4.69, 9.17) is 10.2 Å². The van der Waals surface area contributed by atoms with E-state index in [0.29, 0.717) is 0 Å². The molecular weight excluding hydrogens is 344 g/mol. The van der Waals surface area contributed by atoms with Gasteiger partial charge in [0.1, 0.15) is 0 Å². The van der Waals surface area contributed by atoms with Crippen LogP contribution in [0.25, 0.3) is 22.3 Å². The van der Waals surface area contributed by atoms with Crippen LogP contribution >= 0.6 is 0 Å². The van der Waals surface area contributed by atoms with Crippen LogP contribution in [-0.2, 0) is 13.2 Å². The van der Waals surface area contributed by atoms with E-state index in [0.717, 1.165) is 11.1 Å². The van der Waals surface area contributed by atoms with Crippen molar-refractivity contribution < 1.29 is 10.2 Å². The lowest BCUT2D eigenvalue weighted by molar-refractivity contribution is 0.281. The van der Waals surface area contributed by atoms with Crippen molar-refractivity contribution in [1.29, 1.82) is 0 Å². The van der Waals surface area contributed by atoms with Crippen LogP contribution in [0.3, 0.4) is 0 Å². The molecule has 4 rings (SSSR count). The molecule has 0 heterocycles. The van der Waals surface area contributed by atoms with E-state index < -0.39 is 0 Å². The second-order valence-corrected chi connectivity index (χ2v) is 6.44. The first kappa shape index (κ1) is 19.6. The minimum Gasteiger partial charge on any atom is -0.392 e. The van der Waals surface area contributed by atoms with E-state index in [1.54, 1.807) is 0 Å². The first-order chi connectivity index (χ1) is 13.8. The average Bonchev–Trinajstić information content (AvgIpc) is 2.81. The van der Waals surface area contributed by atoms with Crippen LogP contribution in [0.15, 0.2) is 109 Å². The van der Waals surface area contributed by atoms with Crippen LogP contribution in [0, 0.1) is 0 Å². The maximum atomic E-state index is 8.90. The van der Waals surface area contributed by atoms with Gasteiger partial charge in [-0.25, -0.2) is 0 Å². The molecule has 0 aliphatic carbocycles. The van der Waals surface area contributed by atoms with Crippen LogP contribution < -0.4 is 0 Å². The maximum absolute atomic E-state index is 8.90. The highest BCUT2D eigenvalue weighted by atomic mass is 16.3. The molecule has 0 atom stereocenters. The maximum Gasteiger partial charge on any atom is 0.0681 e. The summed E-state index contributed by atoms with van der Waals surface area (Å²) in [5.41, 5.74) is 6.67. The van der Waals surface area contributed by atoms with Gasteiger partial charge in [0.05, 0.1) is 13.2 Å². The molecule has 0 bridgehead atoms. The molecule has 28 heavy (non-hydrogen) atoms. The molecule has 4 aromatic carbocycles. The number of aliphatic hydroxyl groups is 2. The molecule has 2 N–H and O–H groups in total. The Bertz CT molecular complexity index is 862. The molecule has 2 nitrogen and oxygen atoms in total. The summed E-state index contributed by atoms with van der Waals surface area (Å²) in [7, 11) is 0. The highest BCUT2D eigenvalue weighted by Gasteiger charge is 1.96. The van der Waals surface area contributed by atoms with Gasteiger partial charge in [0.25, 0.3) is 0 Å². The zero-order valence-electron chi connectivity index (χ0n) is 15.7. The second-order valence-electron chi connectivity index (χ2n) is 6.44. The van der Waals surface area contributed by atoms with Gasteiger partial charge in [-0.2, -0.15) is 0 Å². The number of hydrogen-bond donors (Lipinski definition) is 2. The van der Waals surface area contributed by atoms with E-state index in [9.17, 15) is 0 Å². The van der Waals surface area contributed by atoms with Gasteiger partial charge >= 0.3 is 0 Å². The van der Waals surface area contributed by atoms with Gasteiger partial charge in [0.2, 0.25) is 0 Å². The lowest BCUT2D eigenvalue weighted by Crippen LogP contribution is -1.82. The van der Waals surface area contributed by atoms with Crippen molar-refractivity contribution in [3.8, 4) is 22.3 Å². The molecule has 0 spiro atoms. The van der Waals surface area contributed by atoms with Crippen molar-refractivity contribution in [3.63, 3.8) is 0 Å². The topological polar surface area (TPSA) is 40.5 Å². The first-order valence-electron chi connectivity index (χ1n) is 9.30. The van der Waals surface area contributed by atoms with E-state index in [2.05, 4.69) is 24.3 Å². The van der Waals surface area contributed by atoms with Gasteiger partial charge in [-0.1, -0.05) is 109 Å². The van der Waals surface area contributed by atoms with Crippen LogP contribution in [0.4, 0.5) is 0 Å². The molecule has 0 saturated heterocycles. The van der Waals surface area contributed by atoms with Crippen molar-refractivity contribution in [1.82, 2.24) is 0 Å². The summed E-state index contributed by atoms with van der Waals surface area (Å²) in [6.07, 6.45) is 0. The highest BCUT2D eigenvalue weighted by Crippen LogP contribution is 2.20. The monoisotopic (exact) mass is 368 g/mol. The summed E-state index contributed by atoms with van der Waals surface area (Å²) in [5, 5.41) is 17.8. The largest absolute Gasteiger partial charge is 0.392 e. The minimum atomic E-state index is 0.106. The summed E-state index contributed by atoms with van der Waals surface area (Å²) in [6, 6.07) is 36.3. The molecule has 140 valence electrons. The summed E-state index contributed by atoms with van der Waals surface area (Å²) in [4.78, 5) is 0. The van der Waals surface area contributed by atoms with Gasteiger partial charge < -0.3 is 10.2 Å². The molecule has 2 heteroatoms. The molecular formula is C26H24O2. The molecule has 0 radical (unpaired) electrons. The Morgan fingerprint density at radius 2 is 0.643 bits per heavy atom. The third kappa shape index (κ3) is 5.40. The van der Waals surface area contributed by atoms with E-state index in [-0.39, 0.29) is 13.2 Å². The smallest absolute Gasteiger partial charge is 0.0681 e. The molecule has 0 unspecified atom stereocenters. The van der Waals surface area contributed by atoms with Crippen molar-refractivity contribution in [3.05, 3.63) is 120 Å². The Hall–Kier alpha value is -3.20. The van der Waals surface area contributed by atoms with Gasteiger partial charge in [-0.15, -0.1) is 0 Å². The fourth-order valence-electron chi connectivity index (χ4n) is 2.87. The quantitative estimate of drug-likeness (QED) is 0.486. The van der Waals surface area contributed by atoms with E-state index in [1.165, 1.54) is 22.3 Å². The Balaban J connectivity index is 0.000000161. The van der Waals surface area contributed by atoms with Crippen molar-refractivity contribution in [2.75, 3.05) is 0 Å². The molecule has 0 fully saturated rings. The SMILES string of the molecule is OCc1ccc(-c2ccccc2)cc1.OCc1ccc(-c2ccccc2)cc1. The van der Waals surface area contributed by atoms with Gasteiger partial charge in [-0.05, 0) is 33.4 Å². The number of aliphatic hydroxyl groups excluding tert-OH is 2. The first-order valence-corrected chi connectivity index (χ1v) is 9.30. The lowest BCUT2D eigenvalue weighted by atomic mass is 10.0. The fraction of sp³-hybridized carbons (Fsp3) is 0.0769. The van der Waals surface area contributed by atoms with Crippen LogP contribution in [0.2, 0.25) is 0 Å². The zero-order chi connectivity index (χ0) is 19.6. The molecule has 0 aliphatic rings. The molecule has 4 aromatic rings. The van der Waals surface area contributed by atoms with E-state index >= 15 is 0 Å². The fourth-order valence-corrected chi connectivity index (χ4v) is 2.87. The normalized spacial score (nSPS) is 10.1.